The molecule has 0 heterocycles. The number of hydrogen-bond acceptors (Lipinski definition) is 2. The minimum absolute atomic E-state index is 0.795. The van der Waals surface area contributed by atoms with Crippen LogP contribution in [0.5, 0.6) is 0 Å². The van der Waals surface area contributed by atoms with Crippen LogP contribution in [0.2, 0.25) is 0 Å². The Hall–Kier alpha value is 0.310. The summed E-state index contributed by atoms with van der Waals surface area (Å²) in [5.74, 6) is 0. The molecule has 2 heteroatoms. The number of rotatable bonds is 3. The molecule has 0 radical (unpaired) electrons. The third-order valence-electron chi connectivity index (χ3n) is 6.17. The molecule has 0 amide bonds. The predicted molar refractivity (Wildman–Crippen MR) is 85.9 cm³/mol. The molecule has 0 aromatic carbocycles. The summed E-state index contributed by atoms with van der Waals surface area (Å²) in [5, 5.41) is 4.93. The topological polar surface area (TPSA) is 12.0 Å². The zero-order valence-electron chi connectivity index (χ0n) is 12.6. The van der Waals surface area contributed by atoms with Gasteiger partial charge in [-0.25, -0.2) is 0 Å². The van der Waals surface area contributed by atoms with E-state index < -0.39 is 0 Å². The molecular formula is C17H31NS. The van der Waals surface area contributed by atoms with Gasteiger partial charge < -0.3 is 5.32 Å². The first-order valence-corrected chi connectivity index (χ1v) is 9.89. The van der Waals surface area contributed by atoms with Crippen LogP contribution in [0, 0.1) is 5.41 Å². The minimum Gasteiger partial charge on any atom is -0.310 e. The highest BCUT2D eigenvalue weighted by Crippen LogP contribution is 2.49. The third kappa shape index (κ3) is 3.32. The Morgan fingerprint density at radius 3 is 2.21 bits per heavy atom. The zero-order valence-corrected chi connectivity index (χ0v) is 13.4. The summed E-state index contributed by atoms with van der Waals surface area (Å²) in [4.78, 5) is 0. The van der Waals surface area contributed by atoms with Crippen LogP contribution in [-0.4, -0.2) is 23.6 Å². The quantitative estimate of drug-likeness (QED) is 0.801. The number of nitrogens with one attached hydrogen (secondary N) is 1. The van der Waals surface area contributed by atoms with E-state index in [2.05, 4.69) is 23.3 Å². The summed E-state index contributed by atoms with van der Waals surface area (Å²) in [6, 6.07) is 1.65. The van der Waals surface area contributed by atoms with Crippen molar-refractivity contribution in [2.24, 2.45) is 5.41 Å². The van der Waals surface area contributed by atoms with Gasteiger partial charge in [-0.1, -0.05) is 25.7 Å². The Morgan fingerprint density at radius 2 is 1.53 bits per heavy atom. The van der Waals surface area contributed by atoms with Gasteiger partial charge in [-0.05, 0) is 63.0 Å². The van der Waals surface area contributed by atoms with E-state index in [0.29, 0.717) is 0 Å². The molecular weight excluding hydrogens is 250 g/mol. The van der Waals surface area contributed by atoms with Gasteiger partial charge in [0.05, 0.1) is 0 Å². The van der Waals surface area contributed by atoms with Crippen molar-refractivity contribution >= 4 is 11.8 Å². The van der Waals surface area contributed by atoms with Crippen LogP contribution >= 0.6 is 11.8 Å². The Labute approximate surface area is 123 Å². The average Bonchev–Trinajstić information content (AvgIpc) is 2.91. The van der Waals surface area contributed by atoms with Crippen molar-refractivity contribution in [1.82, 2.24) is 5.32 Å². The van der Waals surface area contributed by atoms with Gasteiger partial charge >= 0.3 is 0 Å². The largest absolute Gasteiger partial charge is 0.310 e. The van der Waals surface area contributed by atoms with Crippen molar-refractivity contribution in [3.8, 4) is 0 Å². The van der Waals surface area contributed by atoms with E-state index in [1.165, 1.54) is 77.0 Å². The molecule has 3 rings (SSSR count). The second kappa shape index (κ2) is 6.39. The Kier molecular flexibility index (Phi) is 4.79. The molecule has 1 nitrogen and oxygen atoms in total. The van der Waals surface area contributed by atoms with Crippen LogP contribution in [-0.2, 0) is 0 Å². The lowest BCUT2D eigenvalue weighted by Crippen LogP contribution is -2.47. The van der Waals surface area contributed by atoms with Crippen LogP contribution in [0.1, 0.15) is 77.0 Å². The van der Waals surface area contributed by atoms with Crippen LogP contribution in [0.15, 0.2) is 0 Å². The lowest BCUT2D eigenvalue weighted by Gasteiger charge is -2.41. The summed E-state index contributed by atoms with van der Waals surface area (Å²) in [6.45, 7) is 0. The maximum absolute atomic E-state index is 4.04. The van der Waals surface area contributed by atoms with Gasteiger partial charge in [0.25, 0.3) is 0 Å². The summed E-state index contributed by atoms with van der Waals surface area (Å²) in [7, 11) is 0. The number of thioether (sulfide) groups is 1. The third-order valence-corrected chi connectivity index (χ3v) is 7.34. The van der Waals surface area contributed by atoms with E-state index in [-0.39, 0.29) is 0 Å². The fraction of sp³-hybridized carbons (Fsp3) is 1.00. The standard InChI is InChI=1S/C17H31NS/c1-19-16-7-3-2-6-15(16)18-14-8-12-17(13-9-14)10-4-5-11-17/h14-16,18H,2-13H2,1H3. The van der Waals surface area contributed by atoms with Crippen molar-refractivity contribution < 1.29 is 0 Å². The lowest BCUT2D eigenvalue weighted by molar-refractivity contribution is 0.158. The van der Waals surface area contributed by atoms with Crippen LogP contribution in [0.3, 0.4) is 0 Å². The van der Waals surface area contributed by atoms with E-state index >= 15 is 0 Å². The Balaban J connectivity index is 1.48. The van der Waals surface area contributed by atoms with Crippen molar-refractivity contribution in [2.75, 3.05) is 6.26 Å². The maximum atomic E-state index is 4.04. The van der Waals surface area contributed by atoms with Crippen LogP contribution in [0.25, 0.3) is 0 Å². The van der Waals surface area contributed by atoms with Crippen molar-refractivity contribution in [1.29, 1.82) is 0 Å². The van der Waals surface area contributed by atoms with Gasteiger partial charge in [0.15, 0.2) is 0 Å². The molecule has 0 saturated heterocycles. The summed E-state index contributed by atoms with van der Waals surface area (Å²) in [5.41, 5.74) is 0.795. The summed E-state index contributed by atoms with van der Waals surface area (Å²) < 4.78 is 0. The minimum atomic E-state index is 0.795. The fourth-order valence-corrected chi connectivity index (χ4v) is 5.84. The molecule has 1 N–H and O–H groups in total. The SMILES string of the molecule is CSC1CCCCC1NC1CCC2(CCCC2)CC1. The Bertz CT molecular complexity index is 275. The van der Waals surface area contributed by atoms with E-state index in [9.17, 15) is 0 Å². The van der Waals surface area contributed by atoms with Gasteiger partial charge in [0.1, 0.15) is 0 Å². The van der Waals surface area contributed by atoms with E-state index in [0.717, 1.165) is 22.7 Å². The summed E-state index contributed by atoms with van der Waals surface area (Å²) in [6.07, 6.45) is 20.1. The van der Waals surface area contributed by atoms with E-state index in [4.69, 9.17) is 0 Å². The highest BCUT2D eigenvalue weighted by molar-refractivity contribution is 7.99. The molecule has 3 aliphatic carbocycles. The maximum Gasteiger partial charge on any atom is 0.0198 e. The normalized spacial score (nSPS) is 35.8. The monoisotopic (exact) mass is 281 g/mol. The molecule has 2 atom stereocenters. The first kappa shape index (κ1) is 14.3. The van der Waals surface area contributed by atoms with Gasteiger partial charge in [-0.3, -0.25) is 0 Å². The molecule has 3 aliphatic rings. The molecule has 3 fully saturated rings. The smallest absolute Gasteiger partial charge is 0.0198 e. The van der Waals surface area contributed by atoms with E-state index in [1.807, 2.05) is 0 Å². The number of hydrogen-bond donors (Lipinski definition) is 1. The van der Waals surface area contributed by atoms with Crippen LogP contribution in [0.4, 0.5) is 0 Å². The predicted octanol–water partition coefficient (Wildman–Crippen LogP) is 4.75. The average molecular weight is 282 g/mol. The Morgan fingerprint density at radius 1 is 0.842 bits per heavy atom. The highest BCUT2D eigenvalue weighted by atomic mass is 32.2. The molecule has 0 bridgehead atoms. The lowest BCUT2D eigenvalue weighted by atomic mass is 9.71. The van der Waals surface area contributed by atoms with Crippen molar-refractivity contribution in [3.63, 3.8) is 0 Å². The highest BCUT2D eigenvalue weighted by Gasteiger charge is 2.38. The molecule has 0 aliphatic heterocycles. The fourth-order valence-electron chi connectivity index (χ4n) is 4.89. The first-order valence-electron chi connectivity index (χ1n) is 8.60. The molecule has 110 valence electrons. The van der Waals surface area contributed by atoms with Gasteiger partial charge in [0, 0.05) is 17.3 Å². The molecule has 2 unspecified atom stereocenters. The van der Waals surface area contributed by atoms with Gasteiger partial charge in [-0.15, -0.1) is 0 Å². The van der Waals surface area contributed by atoms with Crippen LogP contribution < -0.4 is 5.32 Å². The molecule has 0 aromatic rings. The second-order valence-corrected chi connectivity index (χ2v) is 8.39. The summed E-state index contributed by atoms with van der Waals surface area (Å²) >= 11 is 2.10. The molecule has 0 aromatic heterocycles. The van der Waals surface area contributed by atoms with Gasteiger partial charge in [0.2, 0.25) is 0 Å². The van der Waals surface area contributed by atoms with Gasteiger partial charge in [-0.2, -0.15) is 11.8 Å². The van der Waals surface area contributed by atoms with Crippen molar-refractivity contribution in [2.45, 2.75) is 94.4 Å². The molecule has 1 spiro atoms. The molecule has 3 saturated carbocycles. The van der Waals surface area contributed by atoms with Crippen molar-refractivity contribution in [3.05, 3.63) is 0 Å². The zero-order chi connectivity index (χ0) is 13.1. The second-order valence-electron chi connectivity index (χ2n) is 7.31. The molecule has 19 heavy (non-hydrogen) atoms. The van der Waals surface area contributed by atoms with E-state index in [1.54, 1.807) is 0 Å². The first-order chi connectivity index (χ1) is 9.31.